The third kappa shape index (κ3) is 8.61. The average molecular weight is 474 g/mol. The summed E-state index contributed by atoms with van der Waals surface area (Å²) in [5, 5.41) is 5.48. The first-order valence-electron chi connectivity index (χ1n) is 12.3. The maximum absolute atomic E-state index is 6.11. The van der Waals surface area contributed by atoms with Crippen LogP contribution >= 0.6 is 11.3 Å². The molecule has 1 saturated heterocycles. The fourth-order valence-corrected chi connectivity index (χ4v) is 4.51. The van der Waals surface area contributed by atoms with E-state index in [9.17, 15) is 0 Å². The van der Waals surface area contributed by atoms with E-state index in [1.807, 2.05) is 0 Å². The molecule has 0 saturated carbocycles. The lowest BCUT2D eigenvalue weighted by Crippen LogP contribution is -2.38. The molecule has 0 aliphatic carbocycles. The van der Waals surface area contributed by atoms with E-state index in [0.29, 0.717) is 12.5 Å². The predicted octanol–water partition coefficient (Wildman–Crippen LogP) is 4.88. The maximum atomic E-state index is 6.11. The lowest BCUT2D eigenvalue weighted by Gasteiger charge is -2.27. The minimum Gasteiger partial charge on any atom is -0.476 e. The summed E-state index contributed by atoms with van der Waals surface area (Å²) in [7, 11) is 0. The number of anilines is 2. The van der Waals surface area contributed by atoms with Gasteiger partial charge in [-0.05, 0) is 37.5 Å². The van der Waals surface area contributed by atoms with E-state index in [2.05, 4.69) is 65.4 Å². The van der Waals surface area contributed by atoms with Crippen LogP contribution in [-0.2, 0) is 11.2 Å². The molecular formula is C25H39N5O2S. The van der Waals surface area contributed by atoms with Crippen molar-refractivity contribution in [2.24, 2.45) is 5.10 Å². The third-order valence-corrected chi connectivity index (χ3v) is 6.72. The van der Waals surface area contributed by atoms with Crippen molar-refractivity contribution in [2.75, 3.05) is 62.9 Å². The number of pyridine rings is 1. The topological polar surface area (TPSA) is 62.2 Å². The Morgan fingerprint density at radius 2 is 2.03 bits per heavy atom. The van der Waals surface area contributed by atoms with Gasteiger partial charge in [-0.2, -0.15) is 5.10 Å². The fourth-order valence-electron chi connectivity index (χ4n) is 3.72. The van der Waals surface area contributed by atoms with E-state index in [-0.39, 0.29) is 0 Å². The number of thiophene rings is 1. The number of hydrazone groups is 1. The molecule has 0 radical (unpaired) electrons. The highest BCUT2D eigenvalue weighted by molar-refractivity contribution is 7.16. The first-order chi connectivity index (χ1) is 16.2. The summed E-state index contributed by atoms with van der Waals surface area (Å²) in [6, 6.07) is 8.39. The smallest absolute Gasteiger partial charge is 0.215 e. The summed E-state index contributed by atoms with van der Waals surface area (Å²) >= 11 is 1.73. The molecule has 3 heterocycles. The van der Waals surface area contributed by atoms with Crippen molar-refractivity contribution in [3.05, 3.63) is 34.8 Å². The number of aryl methyl sites for hydroxylation is 1. The normalized spacial score (nSPS) is 14.6. The number of ether oxygens (including phenoxy) is 2. The number of unbranched alkanes of at least 4 members (excludes halogenated alkanes) is 1. The quantitative estimate of drug-likeness (QED) is 0.312. The van der Waals surface area contributed by atoms with Gasteiger partial charge in [0, 0.05) is 49.4 Å². The molecule has 8 heteroatoms. The van der Waals surface area contributed by atoms with Gasteiger partial charge in [-0.25, -0.2) is 4.98 Å². The van der Waals surface area contributed by atoms with Crippen LogP contribution in [-0.4, -0.2) is 68.6 Å². The molecule has 0 atom stereocenters. The molecule has 0 spiro atoms. The Hall–Kier alpha value is -2.16. The minimum absolute atomic E-state index is 0.614. The molecule has 2 aromatic rings. The summed E-state index contributed by atoms with van der Waals surface area (Å²) in [4.78, 5) is 10.9. The number of rotatable bonds is 14. The van der Waals surface area contributed by atoms with E-state index in [0.717, 1.165) is 75.2 Å². The Morgan fingerprint density at radius 3 is 2.76 bits per heavy atom. The van der Waals surface area contributed by atoms with Gasteiger partial charge in [0.05, 0.1) is 25.1 Å². The van der Waals surface area contributed by atoms with Crippen molar-refractivity contribution in [1.82, 2.24) is 9.88 Å². The molecule has 2 aromatic heterocycles. The fraction of sp³-hybridized carbons (Fsp3) is 0.600. The number of aromatic nitrogens is 1. The van der Waals surface area contributed by atoms with Crippen LogP contribution < -0.4 is 15.1 Å². The van der Waals surface area contributed by atoms with E-state index < -0.39 is 0 Å². The first kappa shape index (κ1) is 25.5. The molecule has 182 valence electrons. The standard InChI is InChI=1S/C25H39N5O2S/c1-4-7-11-30(10-5-2)22-18-21(20-26-28-25-9-8-23(6-3)33-25)27-24(19-22)32-17-14-29-12-15-31-16-13-29/h8-9,18-20,28H,4-7,10-17H2,1-3H3/b26-20+. The van der Waals surface area contributed by atoms with Crippen molar-refractivity contribution in [3.8, 4) is 5.88 Å². The Kier molecular flexibility index (Phi) is 10.9. The molecule has 0 aromatic carbocycles. The first-order valence-corrected chi connectivity index (χ1v) is 13.1. The highest BCUT2D eigenvalue weighted by Crippen LogP contribution is 2.23. The van der Waals surface area contributed by atoms with Crippen LogP contribution in [0.15, 0.2) is 29.4 Å². The van der Waals surface area contributed by atoms with Gasteiger partial charge in [0.25, 0.3) is 0 Å². The van der Waals surface area contributed by atoms with Crippen molar-refractivity contribution in [2.45, 2.75) is 46.5 Å². The second-order valence-electron chi connectivity index (χ2n) is 8.22. The molecular weight excluding hydrogens is 434 g/mol. The summed E-state index contributed by atoms with van der Waals surface area (Å²) in [6.45, 7) is 13.7. The zero-order valence-corrected chi connectivity index (χ0v) is 21.2. The van der Waals surface area contributed by atoms with Gasteiger partial charge < -0.3 is 14.4 Å². The van der Waals surface area contributed by atoms with Crippen LogP contribution in [0.1, 0.15) is 50.6 Å². The molecule has 33 heavy (non-hydrogen) atoms. The van der Waals surface area contributed by atoms with Gasteiger partial charge in [0.1, 0.15) is 11.6 Å². The van der Waals surface area contributed by atoms with Crippen molar-refractivity contribution in [3.63, 3.8) is 0 Å². The summed E-state index contributed by atoms with van der Waals surface area (Å²) in [5.74, 6) is 0.657. The van der Waals surface area contributed by atoms with E-state index in [1.165, 1.54) is 17.7 Å². The Labute approximate surface area is 202 Å². The molecule has 0 unspecified atom stereocenters. The van der Waals surface area contributed by atoms with Gasteiger partial charge >= 0.3 is 0 Å². The van der Waals surface area contributed by atoms with Crippen molar-refractivity contribution < 1.29 is 9.47 Å². The summed E-state index contributed by atoms with van der Waals surface area (Å²) in [6.07, 6.45) is 6.26. The third-order valence-electron chi connectivity index (χ3n) is 5.59. The lowest BCUT2D eigenvalue weighted by molar-refractivity contribution is 0.0320. The molecule has 0 amide bonds. The summed E-state index contributed by atoms with van der Waals surface area (Å²) in [5.41, 5.74) is 5.08. The van der Waals surface area contributed by atoms with Crippen LogP contribution in [0, 0.1) is 0 Å². The second-order valence-corrected chi connectivity index (χ2v) is 9.39. The van der Waals surface area contributed by atoms with Crippen LogP contribution in [0.4, 0.5) is 10.7 Å². The van der Waals surface area contributed by atoms with Gasteiger partial charge in [0.15, 0.2) is 0 Å². The molecule has 7 nitrogen and oxygen atoms in total. The minimum atomic E-state index is 0.614. The Bertz CT molecular complexity index is 851. The van der Waals surface area contributed by atoms with Gasteiger partial charge in [0.2, 0.25) is 5.88 Å². The highest BCUT2D eigenvalue weighted by Gasteiger charge is 2.12. The number of nitrogens with zero attached hydrogens (tertiary/aromatic N) is 4. The second kappa shape index (κ2) is 14.2. The van der Waals surface area contributed by atoms with Crippen molar-refractivity contribution >= 4 is 28.2 Å². The predicted molar refractivity (Wildman–Crippen MR) is 139 cm³/mol. The van der Waals surface area contributed by atoms with Crippen LogP contribution in [0.5, 0.6) is 5.88 Å². The SMILES string of the molecule is CCCCN(CCC)c1cc(/C=N/Nc2ccc(CC)s2)nc(OCCN2CCOCC2)c1. The average Bonchev–Trinajstić information content (AvgIpc) is 3.30. The van der Waals surface area contributed by atoms with Gasteiger partial charge in [-0.15, -0.1) is 11.3 Å². The van der Waals surface area contributed by atoms with Crippen LogP contribution in [0.25, 0.3) is 0 Å². The van der Waals surface area contributed by atoms with E-state index >= 15 is 0 Å². The monoisotopic (exact) mass is 473 g/mol. The molecule has 3 rings (SSSR count). The van der Waals surface area contributed by atoms with Crippen LogP contribution in [0.2, 0.25) is 0 Å². The van der Waals surface area contributed by atoms with Crippen molar-refractivity contribution in [1.29, 1.82) is 0 Å². The summed E-state index contributed by atoms with van der Waals surface area (Å²) < 4.78 is 11.5. The zero-order chi connectivity index (χ0) is 23.3. The highest BCUT2D eigenvalue weighted by atomic mass is 32.1. The van der Waals surface area contributed by atoms with Gasteiger partial charge in [-0.1, -0.05) is 27.2 Å². The van der Waals surface area contributed by atoms with Gasteiger partial charge in [-0.3, -0.25) is 10.3 Å². The number of hydrogen-bond acceptors (Lipinski definition) is 8. The Morgan fingerprint density at radius 1 is 1.18 bits per heavy atom. The maximum Gasteiger partial charge on any atom is 0.215 e. The lowest BCUT2D eigenvalue weighted by atomic mass is 10.2. The number of morpholine rings is 1. The largest absolute Gasteiger partial charge is 0.476 e. The zero-order valence-electron chi connectivity index (χ0n) is 20.4. The van der Waals surface area contributed by atoms with E-state index in [1.54, 1.807) is 17.6 Å². The Balaban J connectivity index is 1.71. The molecule has 1 aliphatic rings. The molecule has 0 bridgehead atoms. The molecule has 1 aliphatic heterocycles. The molecule has 1 N–H and O–H groups in total. The number of nitrogens with one attached hydrogen (secondary N) is 1. The molecule has 1 fully saturated rings. The number of hydrogen-bond donors (Lipinski definition) is 1. The van der Waals surface area contributed by atoms with Crippen LogP contribution in [0.3, 0.4) is 0 Å². The van der Waals surface area contributed by atoms with E-state index in [4.69, 9.17) is 14.5 Å².